The van der Waals surface area contributed by atoms with Gasteiger partial charge in [0.2, 0.25) is 0 Å². The number of esters is 1. The van der Waals surface area contributed by atoms with E-state index in [1.807, 2.05) is 19.1 Å². The van der Waals surface area contributed by atoms with Crippen molar-refractivity contribution in [2.75, 3.05) is 0 Å². The standard InChI is InChI=1S/C10H10BrClO2/c1-6-3-9(11)4-8(10(6)12)5-14-7(2)13/h3-4H,5H2,1-2H3. The van der Waals surface area contributed by atoms with Gasteiger partial charge in [0.25, 0.3) is 0 Å². The molecule has 4 heteroatoms. The zero-order chi connectivity index (χ0) is 10.7. The van der Waals surface area contributed by atoms with Crippen molar-refractivity contribution in [1.82, 2.24) is 0 Å². The van der Waals surface area contributed by atoms with E-state index in [0.29, 0.717) is 5.02 Å². The van der Waals surface area contributed by atoms with Crippen LogP contribution in [0.4, 0.5) is 0 Å². The molecule has 0 aromatic heterocycles. The van der Waals surface area contributed by atoms with Crippen molar-refractivity contribution in [3.63, 3.8) is 0 Å². The Morgan fingerprint density at radius 1 is 1.57 bits per heavy atom. The summed E-state index contributed by atoms with van der Waals surface area (Å²) < 4.78 is 5.81. The van der Waals surface area contributed by atoms with Crippen molar-refractivity contribution in [2.24, 2.45) is 0 Å². The van der Waals surface area contributed by atoms with Gasteiger partial charge in [-0.25, -0.2) is 0 Å². The number of carbonyl (C=O) groups excluding carboxylic acids is 1. The average molecular weight is 278 g/mol. The fourth-order valence-corrected chi connectivity index (χ4v) is 1.86. The topological polar surface area (TPSA) is 26.3 Å². The molecule has 0 spiro atoms. The van der Waals surface area contributed by atoms with Gasteiger partial charge in [-0.3, -0.25) is 4.79 Å². The fourth-order valence-electron chi connectivity index (χ4n) is 1.08. The molecule has 14 heavy (non-hydrogen) atoms. The quantitative estimate of drug-likeness (QED) is 0.774. The second-order valence-corrected chi connectivity index (χ2v) is 4.27. The van der Waals surface area contributed by atoms with Gasteiger partial charge < -0.3 is 4.74 Å². The number of hydrogen-bond donors (Lipinski definition) is 0. The number of aryl methyl sites for hydroxylation is 1. The maximum absolute atomic E-state index is 10.6. The molecule has 0 fully saturated rings. The van der Waals surface area contributed by atoms with Crippen molar-refractivity contribution < 1.29 is 9.53 Å². The third-order valence-electron chi connectivity index (χ3n) is 1.73. The Kier molecular flexibility index (Phi) is 3.96. The Bertz CT molecular complexity index is 363. The Balaban J connectivity index is 2.90. The Morgan fingerprint density at radius 2 is 2.21 bits per heavy atom. The summed E-state index contributed by atoms with van der Waals surface area (Å²) in [6.45, 7) is 3.50. The molecule has 0 N–H and O–H groups in total. The highest BCUT2D eigenvalue weighted by Crippen LogP contribution is 2.26. The number of ether oxygens (including phenoxy) is 1. The van der Waals surface area contributed by atoms with Gasteiger partial charge in [-0.2, -0.15) is 0 Å². The molecule has 1 aromatic rings. The Morgan fingerprint density at radius 3 is 2.79 bits per heavy atom. The molecule has 0 aliphatic rings. The molecule has 0 aliphatic heterocycles. The monoisotopic (exact) mass is 276 g/mol. The second-order valence-electron chi connectivity index (χ2n) is 2.98. The second kappa shape index (κ2) is 4.80. The van der Waals surface area contributed by atoms with Gasteiger partial charge >= 0.3 is 5.97 Å². The summed E-state index contributed by atoms with van der Waals surface area (Å²) in [5, 5.41) is 0.648. The van der Waals surface area contributed by atoms with Crippen LogP contribution in [0.1, 0.15) is 18.1 Å². The van der Waals surface area contributed by atoms with Crippen molar-refractivity contribution in [3.05, 3.63) is 32.8 Å². The SMILES string of the molecule is CC(=O)OCc1cc(Br)cc(C)c1Cl. The highest BCUT2D eigenvalue weighted by molar-refractivity contribution is 9.10. The van der Waals surface area contributed by atoms with E-state index < -0.39 is 0 Å². The first kappa shape index (κ1) is 11.5. The molecule has 0 radical (unpaired) electrons. The van der Waals surface area contributed by atoms with Crippen LogP contribution in [-0.4, -0.2) is 5.97 Å². The van der Waals surface area contributed by atoms with Crippen LogP contribution in [0.5, 0.6) is 0 Å². The lowest BCUT2D eigenvalue weighted by atomic mass is 10.1. The summed E-state index contributed by atoms with van der Waals surface area (Å²) in [6, 6.07) is 3.76. The van der Waals surface area contributed by atoms with Crippen LogP contribution in [-0.2, 0) is 16.1 Å². The van der Waals surface area contributed by atoms with E-state index in [2.05, 4.69) is 15.9 Å². The van der Waals surface area contributed by atoms with E-state index in [1.165, 1.54) is 6.92 Å². The van der Waals surface area contributed by atoms with Gasteiger partial charge in [-0.15, -0.1) is 0 Å². The number of benzene rings is 1. The lowest BCUT2D eigenvalue weighted by Crippen LogP contribution is -2.00. The zero-order valence-corrected chi connectivity index (χ0v) is 10.3. The minimum absolute atomic E-state index is 0.217. The van der Waals surface area contributed by atoms with Crippen LogP contribution in [0.2, 0.25) is 5.02 Å². The third kappa shape index (κ3) is 3.00. The van der Waals surface area contributed by atoms with Gasteiger partial charge in [0.15, 0.2) is 0 Å². The molecule has 0 heterocycles. The summed E-state index contributed by atoms with van der Waals surface area (Å²) in [6.07, 6.45) is 0. The Labute approximate surface area is 96.3 Å². The molecule has 0 saturated heterocycles. The minimum Gasteiger partial charge on any atom is -0.461 e. The molecule has 0 aliphatic carbocycles. The van der Waals surface area contributed by atoms with E-state index in [1.54, 1.807) is 0 Å². The van der Waals surface area contributed by atoms with Crippen LogP contribution in [0.3, 0.4) is 0 Å². The number of halogens is 2. The van der Waals surface area contributed by atoms with Crippen LogP contribution < -0.4 is 0 Å². The van der Waals surface area contributed by atoms with Crippen molar-refractivity contribution in [3.8, 4) is 0 Å². The Hall–Kier alpha value is -0.540. The van der Waals surface area contributed by atoms with E-state index in [4.69, 9.17) is 16.3 Å². The summed E-state index contributed by atoms with van der Waals surface area (Å²) in [4.78, 5) is 10.6. The number of carbonyl (C=O) groups is 1. The predicted octanol–water partition coefficient (Wildman–Crippen LogP) is 3.47. The van der Waals surface area contributed by atoms with Crippen LogP contribution in [0.25, 0.3) is 0 Å². The van der Waals surface area contributed by atoms with E-state index >= 15 is 0 Å². The average Bonchev–Trinajstić information content (AvgIpc) is 2.08. The van der Waals surface area contributed by atoms with Crippen LogP contribution in [0, 0.1) is 6.92 Å². The van der Waals surface area contributed by atoms with Crippen molar-refractivity contribution in [1.29, 1.82) is 0 Å². The summed E-state index contributed by atoms with van der Waals surface area (Å²) in [5.41, 5.74) is 1.77. The largest absolute Gasteiger partial charge is 0.461 e. The number of hydrogen-bond acceptors (Lipinski definition) is 2. The lowest BCUT2D eigenvalue weighted by molar-refractivity contribution is -0.142. The predicted molar refractivity (Wildman–Crippen MR) is 59.4 cm³/mol. The van der Waals surface area contributed by atoms with Gasteiger partial charge in [-0.1, -0.05) is 27.5 Å². The minimum atomic E-state index is -0.307. The molecule has 0 amide bonds. The highest BCUT2D eigenvalue weighted by Gasteiger charge is 2.06. The van der Waals surface area contributed by atoms with Gasteiger partial charge in [0, 0.05) is 17.0 Å². The van der Waals surface area contributed by atoms with Crippen molar-refractivity contribution >= 4 is 33.5 Å². The number of rotatable bonds is 2. The first-order chi connectivity index (χ1) is 6.50. The summed E-state index contributed by atoms with van der Waals surface area (Å²) in [5.74, 6) is -0.307. The lowest BCUT2D eigenvalue weighted by Gasteiger charge is -2.07. The van der Waals surface area contributed by atoms with Gasteiger partial charge in [0.05, 0.1) is 5.02 Å². The van der Waals surface area contributed by atoms with Crippen LogP contribution >= 0.6 is 27.5 Å². The molecule has 0 saturated carbocycles. The molecule has 2 nitrogen and oxygen atoms in total. The van der Waals surface area contributed by atoms with E-state index in [-0.39, 0.29) is 12.6 Å². The molecule has 0 unspecified atom stereocenters. The fraction of sp³-hybridized carbons (Fsp3) is 0.300. The third-order valence-corrected chi connectivity index (χ3v) is 2.72. The highest BCUT2D eigenvalue weighted by atomic mass is 79.9. The first-order valence-corrected chi connectivity index (χ1v) is 5.25. The normalized spacial score (nSPS) is 10.0. The summed E-state index contributed by atoms with van der Waals surface area (Å²) >= 11 is 9.39. The summed E-state index contributed by atoms with van der Waals surface area (Å²) in [7, 11) is 0. The van der Waals surface area contributed by atoms with Gasteiger partial charge in [0.1, 0.15) is 6.61 Å². The molecular formula is C10H10BrClO2. The molecular weight excluding hydrogens is 267 g/mol. The first-order valence-electron chi connectivity index (χ1n) is 4.08. The van der Waals surface area contributed by atoms with Crippen LogP contribution in [0.15, 0.2) is 16.6 Å². The van der Waals surface area contributed by atoms with Crippen molar-refractivity contribution in [2.45, 2.75) is 20.5 Å². The molecule has 1 rings (SSSR count). The van der Waals surface area contributed by atoms with E-state index in [9.17, 15) is 4.79 Å². The van der Waals surface area contributed by atoms with Gasteiger partial charge in [-0.05, 0) is 24.6 Å². The molecule has 0 atom stereocenters. The maximum Gasteiger partial charge on any atom is 0.302 e. The zero-order valence-electron chi connectivity index (χ0n) is 7.93. The maximum atomic E-state index is 10.6. The smallest absolute Gasteiger partial charge is 0.302 e. The van der Waals surface area contributed by atoms with E-state index in [0.717, 1.165) is 15.6 Å². The molecule has 1 aromatic carbocycles. The molecule has 0 bridgehead atoms. The molecule has 76 valence electrons.